The molecule has 1 aromatic heterocycles. The van der Waals surface area contributed by atoms with Gasteiger partial charge in [0.1, 0.15) is 0 Å². The van der Waals surface area contributed by atoms with Crippen LogP contribution >= 0.6 is 11.8 Å². The molecule has 0 aromatic carbocycles. The Morgan fingerprint density at radius 3 is 2.68 bits per heavy atom. The SMILES string of the molecule is CC1CCCCC1NC(=O)CSc1nc(O)cc(=O)n1C1CCCC1. The number of rotatable bonds is 5. The normalized spacial score (nSPS) is 24.4. The number of thioether (sulfide) groups is 1. The van der Waals surface area contributed by atoms with Gasteiger partial charge in [-0.1, -0.05) is 44.4 Å². The molecular weight excluding hydrogens is 338 g/mol. The van der Waals surface area contributed by atoms with Crippen LogP contribution in [0.3, 0.4) is 0 Å². The van der Waals surface area contributed by atoms with E-state index in [0.717, 1.165) is 51.0 Å². The minimum atomic E-state index is -0.275. The van der Waals surface area contributed by atoms with Gasteiger partial charge in [0.15, 0.2) is 5.16 Å². The fourth-order valence-electron chi connectivity index (χ4n) is 3.97. The van der Waals surface area contributed by atoms with Crippen molar-refractivity contribution in [1.82, 2.24) is 14.9 Å². The predicted molar refractivity (Wildman–Crippen MR) is 98.0 cm³/mol. The lowest BCUT2D eigenvalue weighted by Gasteiger charge is -2.29. The van der Waals surface area contributed by atoms with Crippen molar-refractivity contribution in [2.75, 3.05) is 5.75 Å². The summed E-state index contributed by atoms with van der Waals surface area (Å²) in [6, 6.07) is 1.53. The minimum Gasteiger partial charge on any atom is -0.493 e. The van der Waals surface area contributed by atoms with E-state index < -0.39 is 0 Å². The van der Waals surface area contributed by atoms with Crippen molar-refractivity contribution < 1.29 is 9.90 Å². The maximum atomic E-state index is 12.3. The van der Waals surface area contributed by atoms with Gasteiger partial charge in [-0.05, 0) is 31.6 Å². The van der Waals surface area contributed by atoms with Gasteiger partial charge in [-0.3, -0.25) is 14.2 Å². The topological polar surface area (TPSA) is 84.2 Å². The monoisotopic (exact) mass is 365 g/mol. The molecule has 25 heavy (non-hydrogen) atoms. The molecule has 1 heterocycles. The lowest BCUT2D eigenvalue weighted by Crippen LogP contribution is -2.42. The Morgan fingerprint density at radius 1 is 1.28 bits per heavy atom. The van der Waals surface area contributed by atoms with Gasteiger partial charge >= 0.3 is 0 Å². The summed E-state index contributed by atoms with van der Waals surface area (Å²) in [7, 11) is 0. The van der Waals surface area contributed by atoms with E-state index in [-0.39, 0.29) is 35.2 Å². The maximum Gasteiger partial charge on any atom is 0.258 e. The molecule has 0 aliphatic heterocycles. The van der Waals surface area contributed by atoms with E-state index in [1.807, 2.05) is 0 Å². The lowest BCUT2D eigenvalue weighted by molar-refractivity contribution is -0.119. The molecule has 6 nitrogen and oxygen atoms in total. The summed E-state index contributed by atoms with van der Waals surface area (Å²) in [4.78, 5) is 28.7. The number of hydrogen-bond acceptors (Lipinski definition) is 5. The second kappa shape index (κ2) is 8.25. The summed E-state index contributed by atoms with van der Waals surface area (Å²) in [5.74, 6) is 0.423. The number of aromatic nitrogens is 2. The van der Waals surface area contributed by atoms with E-state index in [1.54, 1.807) is 4.57 Å². The molecule has 0 saturated heterocycles. The number of hydrogen-bond donors (Lipinski definition) is 2. The number of carbonyl (C=O) groups is 1. The highest BCUT2D eigenvalue weighted by Crippen LogP contribution is 2.32. The zero-order chi connectivity index (χ0) is 17.8. The Kier molecular flexibility index (Phi) is 6.04. The van der Waals surface area contributed by atoms with Crippen LogP contribution in [-0.2, 0) is 4.79 Å². The quantitative estimate of drug-likeness (QED) is 0.619. The van der Waals surface area contributed by atoms with Crippen LogP contribution in [0, 0.1) is 5.92 Å². The van der Waals surface area contributed by atoms with Crippen LogP contribution in [0.15, 0.2) is 16.0 Å². The van der Waals surface area contributed by atoms with Crippen molar-refractivity contribution >= 4 is 17.7 Å². The average molecular weight is 365 g/mol. The van der Waals surface area contributed by atoms with Crippen molar-refractivity contribution in [3.05, 3.63) is 16.4 Å². The molecule has 2 N–H and O–H groups in total. The Balaban J connectivity index is 1.65. The summed E-state index contributed by atoms with van der Waals surface area (Å²) in [5.41, 5.74) is -0.233. The van der Waals surface area contributed by atoms with E-state index in [0.29, 0.717) is 11.1 Å². The van der Waals surface area contributed by atoms with Crippen molar-refractivity contribution in [3.8, 4) is 5.88 Å². The summed E-state index contributed by atoms with van der Waals surface area (Å²) >= 11 is 1.24. The van der Waals surface area contributed by atoms with Gasteiger partial charge in [-0.25, -0.2) is 0 Å². The van der Waals surface area contributed by atoms with Crippen LogP contribution < -0.4 is 10.9 Å². The molecule has 3 rings (SSSR count). The fraction of sp³-hybridized carbons (Fsp3) is 0.722. The van der Waals surface area contributed by atoms with E-state index in [9.17, 15) is 14.7 Å². The molecule has 2 unspecified atom stereocenters. The minimum absolute atomic E-state index is 0.0284. The molecule has 2 aliphatic carbocycles. The summed E-state index contributed by atoms with van der Waals surface area (Å²) in [6.07, 6.45) is 8.70. The second-order valence-corrected chi connectivity index (χ2v) is 8.21. The zero-order valence-corrected chi connectivity index (χ0v) is 15.6. The highest BCUT2D eigenvalue weighted by Gasteiger charge is 2.25. The van der Waals surface area contributed by atoms with Crippen LogP contribution in [0.1, 0.15) is 64.3 Å². The Morgan fingerprint density at radius 2 is 1.96 bits per heavy atom. The van der Waals surface area contributed by atoms with Crippen molar-refractivity contribution in [3.63, 3.8) is 0 Å². The first-order valence-corrected chi connectivity index (χ1v) is 10.3. The third kappa shape index (κ3) is 4.57. The Bertz CT molecular complexity index is 670. The predicted octanol–water partition coefficient (Wildman–Crippen LogP) is 2.85. The number of amides is 1. The zero-order valence-electron chi connectivity index (χ0n) is 14.7. The smallest absolute Gasteiger partial charge is 0.258 e. The second-order valence-electron chi connectivity index (χ2n) is 7.27. The first-order valence-electron chi connectivity index (χ1n) is 9.29. The van der Waals surface area contributed by atoms with Crippen LogP contribution in [0.5, 0.6) is 5.88 Å². The first kappa shape index (κ1) is 18.3. The maximum absolute atomic E-state index is 12.3. The lowest BCUT2D eigenvalue weighted by atomic mass is 9.86. The number of aromatic hydroxyl groups is 1. The summed E-state index contributed by atoms with van der Waals surface area (Å²) in [5, 5.41) is 13.3. The fourth-order valence-corrected chi connectivity index (χ4v) is 4.85. The van der Waals surface area contributed by atoms with Gasteiger partial charge in [-0.2, -0.15) is 4.98 Å². The Hall–Kier alpha value is -1.50. The molecule has 7 heteroatoms. The molecule has 138 valence electrons. The highest BCUT2D eigenvalue weighted by molar-refractivity contribution is 7.99. The molecule has 2 atom stereocenters. The Labute approximate surface area is 152 Å². The van der Waals surface area contributed by atoms with Crippen LogP contribution in [-0.4, -0.2) is 32.4 Å². The number of nitrogens with zero attached hydrogens (tertiary/aromatic N) is 2. The van der Waals surface area contributed by atoms with Crippen molar-refractivity contribution in [2.24, 2.45) is 5.92 Å². The molecular formula is C18H27N3O3S. The molecule has 2 aliphatic rings. The first-order chi connectivity index (χ1) is 12.0. The van der Waals surface area contributed by atoms with Gasteiger partial charge in [0.2, 0.25) is 11.8 Å². The van der Waals surface area contributed by atoms with Crippen LogP contribution in [0.2, 0.25) is 0 Å². The molecule has 0 spiro atoms. The third-order valence-electron chi connectivity index (χ3n) is 5.39. The average Bonchev–Trinajstić information content (AvgIpc) is 3.08. The largest absolute Gasteiger partial charge is 0.493 e. The van der Waals surface area contributed by atoms with Gasteiger partial charge in [0.05, 0.1) is 11.8 Å². The van der Waals surface area contributed by atoms with Gasteiger partial charge in [0.25, 0.3) is 5.56 Å². The molecule has 2 saturated carbocycles. The van der Waals surface area contributed by atoms with Crippen molar-refractivity contribution in [2.45, 2.75) is 75.5 Å². The van der Waals surface area contributed by atoms with E-state index in [1.165, 1.54) is 18.2 Å². The molecule has 1 aromatic rings. The van der Waals surface area contributed by atoms with Crippen molar-refractivity contribution in [1.29, 1.82) is 0 Å². The van der Waals surface area contributed by atoms with Gasteiger partial charge in [0, 0.05) is 12.1 Å². The van der Waals surface area contributed by atoms with Crippen LogP contribution in [0.4, 0.5) is 0 Å². The summed E-state index contributed by atoms with van der Waals surface area (Å²) in [6.45, 7) is 2.19. The molecule has 1 amide bonds. The number of carbonyl (C=O) groups excluding carboxylic acids is 1. The number of nitrogens with one attached hydrogen (secondary N) is 1. The van der Waals surface area contributed by atoms with Gasteiger partial charge in [-0.15, -0.1) is 0 Å². The van der Waals surface area contributed by atoms with E-state index >= 15 is 0 Å². The van der Waals surface area contributed by atoms with E-state index in [2.05, 4.69) is 17.2 Å². The van der Waals surface area contributed by atoms with Crippen LogP contribution in [0.25, 0.3) is 0 Å². The molecule has 0 bridgehead atoms. The highest BCUT2D eigenvalue weighted by atomic mass is 32.2. The standard InChI is InChI=1S/C18H27N3O3S/c1-12-6-2-5-9-14(12)19-16(23)11-25-18-20-15(22)10-17(24)21(18)13-7-3-4-8-13/h10,12-14,22H,2-9,11H2,1H3,(H,19,23). The van der Waals surface area contributed by atoms with Gasteiger partial charge < -0.3 is 10.4 Å². The molecule has 2 fully saturated rings. The van der Waals surface area contributed by atoms with E-state index in [4.69, 9.17) is 0 Å². The molecule has 0 radical (unpaired) electrons. The summed E-state index contributed by atoms with van der Waals surface area (Å²) < 4.78 is 1.66. The third-order valence-corrected chi connectivity index (χ3v) is 6.34.